The molecule has 11 heavy (non-hydrogen) atoms. The quantitative estimate of drug-likeness (QED) is 0.347. The lowest BCUT2D eigenvalue weighted by atomic mass is 10.3. The van der Waals surface area contributed by atoms with Crippen LogP contribution in [0.4, 0.5) is 5.69 Å². The van der Waals surface area contributed by atoms with Gasteiger partial charge in [-0.25, -0.2) is 0 Å². The summed E-state index contributed by atoms with van der Waals surface area (Å²) in [7, 11) is 0. The summed E-state index contributed by atoms with van der Waals surface area (Å²) in [4.78, 5) is 0.944. The number of thiol groups is 1. The zero-order chi connectivity index (χ0) is 8.69. The Morgan fingerprint density at radius 1 is 1.36 bits per heavy atom. The number of rotatable bonds is 0. The number of allylic oxidation sites excluding steroid dienone is 1. The molecule has 0 fully saturated rings. The SMILES string of the molecule is C=CC.Nc1ccc(S)cc1. The second kappa shape index (κ2) is 5.86. The minimum absolute atomic E-state index is 0.780. The van der Waals surface area contributed by atoms with Crippen LogP contribution in [0.5, 0.6) is 0 Å². The van der Waals surface area contributed by atoms with Gasteiger partial charge in [0.25, 0.3) is 0 Å². The van der Waals surface area contributed by atoms with Gasteiger partial charge in [-0.15, -0.1) is 19.2 Å². The van der Waals surface area contributed by atoms with Crippen molar-refractivity contribution in [2.75, 3.05) is 5.73 Å². The third kappa shape index (κ3) is 5.55. The molecule has 0 amide bonds. The van der Waals surface area contributed by atoms with Gasteiger partial charge < -0.3 is 5.73 Å². The van der Waals surface area contributed by atoms with Crippen molar-refractivity contribution in [2.24, 2.45) is 0 Å². The van der Waals surface area contributed by atoms with Crippen molar-refractivity contribution < 1.29 is 0 Å². The number of nitrogens with two attached hydrogens (primary N) is 1. The van der Waals surface area contributed by atoms with E-state index in [4.69, 9.17) is 5.73 Å². The van der Waals surface area contributed by atoms with E-state index < -0.39 is 0 Å². The van der Waals surface area contributed by atoms with Crippen LogP contribution in [0.3, 0.4) is 0 Å². The van der Waals surface area contributed by atoms with Gasteiger partial charge in [0, 0.05) is 10.6 Å². The van der Waals surface area contributed by atoms with Crippen LogP contribution in [0.2, 0.25) is 0 Å². The number of nitrogen functional groups attached to an aromatic ring is 1. The van der Waals surface area contributed by atoms with Crippen LogP contribution in [0.25, 0.3) is 0 Å². The van der Waals surface area contributed by atoms with E-state index >= 15 is 0 Å². The summed E-state index contributed by atoms with van der Waals surface area (Å²) in [5, 5.41) is 0. The van der Waals surface area contributed by atoms with Crippen LogP contribution in [0, 0.1) is 0 Å². The van der Waals surface area contributed by atoms with Crippen molar-refractivity contribution in [2.45, 2.75) is 11.8 Å². The van der Waals surface area contributed by atoms with Crippen LogP contribution in [0.1, 0.15) is 6.92 Å². The minimum Gasteiger partial charge on any atom is -0.399 e. The Hall–Kier alpha value is -0.890. The third-order valence-electron chi connectivity index (χ3n) is 0.893. The Labute approximate surface area is 73.3 Å². The zero-order valence-electron chi connectivity index (χ0n) is 6.62. The maximum Gasteiger partial charge on any atom is 0.0314 e. The molecule has 1 nitrogen and oxygen atoms in total. The van der Waals surface area contributed by atoms with Gasteiger partial charge in [0.2, 0.25) is 0 Å². The van der Waals surface area contributed by atoms with Gasteiger partial charge in [-0.2, -0.15) is 0 Å². The van der Waals surface area contributed by atoms with Crippen molar-refractivity contribution >= 4 is 18.3 Å². The van der Waals surface area contributed by atoms with E-state index in [0.29, 0.717) is 0 Å². The van der Waals surface area contributed by atoms with Gasteiger partial charge in [0.15, 0.2) is 0 Å². The van der Waals surface area contributed by atoms with Crippen LogP contribution >= 0.6 is 12.6 Å². The summed E-state index contributed by atoms with van der Waals surface area (Å²) in [6, 6.07) is 7.36. The molecule has 0 bridgehead atoms. The van der Waals surface area contributed by atoms with E-state index in [0.717, 1.165) is 10.6 Å². The normalized spacial score (nSPS) is 7.82. The van der Waals surface area contributed by atoms with Gasteiger partial charge in [-0.1, -0.05) is 6.08 Å². The van der Waals surface area contributed by atoms with Gasteiger partial charge in [0.05, 0.1) is 0 Å². The zero-order valence-corrected chi connectivity index (χ0v) is 7.51. The average molecular weight is 167 g/mol. The molecule has 0 spiro atoms. The van der Waals surface area contributed by atoms with Crippen LogP contribution in [-0.2, 0) is 0 Å². The molecule has 0 unspecified atom stereocenters. The molecule has 1 aromatic carbocycles. The van der Waals surface area contributed by atoms with Crippen molar-refractivity contribution in [3.8, 4) is 0 Å². The molecule has 0 saturated heterocycles. The number of benzene rings is 1. The topological polar surface area (TPSA) is 26.0 Å². The fraction of sp³-hybridized carbons (Fsp3) is 0.111. The maximum atomic E-state index is 5.39. The first-order chi connectivity index (χ1) is 5.20. The summed E-state index contributed by atoms with van der Waals surface area (Å²) >= 11 is 4.08. The Morgan fingerprint density at radius 2 is 1.73 bits per heavy atom. The number of anilines is 1. The highest BCUT2D eigenvalue weighted by atomic mass is 32.1. The Morgan fingerprint density at radius 3 is 2.00 bits per heavy atom. The van der Waals surface area contributed by atoms with Gasteiger partial charge in [-0.3, -0.25) is 0 Å². The van der Waals surface area contributed by atoms with Gasteiger partial charge in [0.1, 0.15) is 0 Å². The molecule has 0 radical (unpaired) electrons. The largest absolute Gasteiger partial charge is 0.399 e. The Kier molecular flexibility index (Phi) is 5.39. The van der Waals surface area contributed by atoms with Gasteiger partial charge >= 0.3 is 0 Å². The molecule has 1 aromatic rings. The molecule has 0 aliphatic rings. The smallest absolute Gasteiger partial charge is 0.0314 e. The van der Waals surface area contributed by atoms with E-state index in [9.17, 15) is 0 Å². The molecule has 2 N–H and O–H groups in total. The molecule has 0 aromatic heterocycles. The highest BCUT2D eigenvalue weighted by Gasteiger charge is 1.81. The Bertz CT molecular complexity index is 182. The van der Waals surface area contributed by atoms with E-state index in [1.807, 2.05) is 31.2 Å². The molecule has 0 aliphatic heterocycles. The summed E-state index contributed by atoms with van der Waals surface area (Å²) in [6.45, 7) is 5.25. The van der Waals surface area contributed by atoms with E-state index in [-0.39, 0.29) is 0 Å². The second-order valence-electron chi connectivity index (χ2n) is 2.00. The predicted molar refractivity (Wildman–Crippen MR) is 54.0 cm³/mol. The highest BCUT2D eigenvalue weighted by Crippen LogP contribution is 2.07. The average Bonchev–Trinajstić information content (AvgIpc) is 1.97. The lowest BCUT2D eigenvalue weighted by Gasteiger charge is -1.89. The van der Waals surface area contributed by atoms with E-state index in [2.05, 4.69) is 19.2 Å². The first-order valence-electron chi connectivity index (χ1n) is 3.32. The van der Waals surface area contributed by atoms with E-state index in [1.165, 1.54) is 0 Å². The fourth-order valence-electron chi connectivity index (χ4n) is 0.474. The molecule has 0 aliphatic carbocycles. The summed E-state index contributed by atoms with van der Waals surface area (Å²) in [5.41, 5.74) is 6.17. The van der Waals surface area contributed by atoms with Crippen molar-refractivity contribution in [1.29, 1.82) is 0 Å². The molecular weight excluding hydrogens is 154 g/mol. The van der Waals surface area contributed by atoms with E-state index in [1.54, 1.807) is 6.08 Å². The molecular formula is C9H13NS. The first-order valence-corrected chi connectivity index (χ1v) is 3.77. The van der Waals surface area contributed by atoms with Crippen LogP contribution in [-0.4, -0.2) is 0 Å². The van der Waals surface area contributed by atoms with Crippen LogP contribution < -0.4 is 5.73 Å². The molecule has 1 rings (SSSR count). The molecule has 0 heterocycles. The molecule has 60 valence electrons. The standard InChI is InChI=1S/C6H7NS.C3H6/c7-5-1-3-6(8)4-2-5;1-3-2/h1-4,8H,7H2;3H,1H2,2H3. The summed E-state index contributed by atoms with van der Waals surface area (Å²) in [6.07, 6.45) is 1.75. The first kappa shape index (κ1) is 10.1. The van der Waals surface area contributed by atoms with Crippen LogP contribution in [0.15, 0.2) is 41.8 Å². The summed E-state index contributed by atoms with van der Waals surface area (Å²) in [5.74, 6) is 0. The van der Waals surface area contributed by atoms with Gasteiger partial charge in [-0.05, 0) is 31.2 Å². The molecule has 2 heteroatoms. The number of hydrogen-bond donors (Lipinski definition) is 2. The second-order valence-corrected chi connectivity index (χ2v) is 2.52. The molecule has 0 saturated carbocycles. The lowest BCUT2D eigenvalue weighted by Crippen LogP contribution is -1.80. The monoisotopic (exact) mass is 167 g/mol. The predicted octanol–water partition coefficient (Wildman–Crippen LogP) is 2.75. The lowest BCUT2D eigenvalue weighted by molar-refractivity contribution is 1.48. The maximum absolute atomic E-state index is 5.39. The van der Waals surface area contributed by atoms with Crippen molar-refractivity contribution in [3.63, 3.8) is 0 Å². The Balaban J connectivity index is 0.000000292. The highest BCUT2D eigenvalue weighted by molar-refractivity contribution is 7.80. The minimum atomic E-state index is 0.780. The number of hydrogen-bond acceptors (Lipinski definition) is 2. The summed E-state index contributed by atoms with van der Waals surface area (Å²) < 4.78 is 0. The third-order valence-corrected chi connectivity index (χ3v) is 1.19. The van der Waals surface area contributed by atoms with Crippen molar-refractivity contribution in [1.82, 2.24) is 0 Å². The molecule has 0 atom stereocenters. The fourth-order valence-corrected chi connectivity index (χ4v) is 0.623. The van der Waals surface area contributed by atoms with Crippen molar-refractivity contribution in [3.05, 3.63) is 36.9 Å².